The van der Waals surface area contributed by atoms with E-state index in [-0.39, 0.29) is 17.5 Å². The molecule has 0 N–H and O–H groups in total. The Hall–Kier alpha value is -1.30. The highest BCUT2D eigenvalue weighted by molar-refractivity contribution is 14.1. The van der Waals surface area contributed by atoms with Crippen LogP contribution in [0.5, 0.6) is 0 Å². The van der Waals surface area contributed by atoms with Crippen molar-refractivity contribution in [1.29, 1.82) is 5.26 Å². The molecular weight excluding hydrogens is 345 g/mol. The Labute approximate surface area is 110 Å². The molecular formula is C10H7F2IN2O2. The monoisotopic (exact) mass is 352 g/mol. The number of hydrogen-bond donors (Lipinski definition) is 0. The van der Waals surface area contributed by atoms with Crippen LogP contribution < -0.4 is 0 Å². The summed E-state index contributed by atoms with van der Waals surface area (Å²) in [5.41, 5.74) is -0.491. The van der Waals surface area contributed by atoms with E-state index in [0.29, 0.717) is 3.70 Å². The van der Waals surface area contributed by atoms with E-state index in [1.165, 1.54) is 7.11 Å². The fourth-order valence-electron chi connectivity index (χ4n) is 1.22. The second kappa shape index (κ2) is 5.86. The van der Waals surface area contributed by atoms with E-state index < -0.39 is 18.0 Å². The zero-order chi connectivity index (χ0) is 13.0. The van der Waals surface area contributed by atoms with E-state index in [4.69, 9.17) is 5.26 Å². The van der Waals surface area contributed by atoms with Gasteiger partial charge in [0.1, 0.15) is 9.77 Å². The summed E-state index contributed by atoms with van der Waals surface area (Å²) < 4.78 is 30.1. The van der Waals surface area contributed by atoms with E-state index >= 15 is 0 Å². The van der Waals surface area contributed by atoms with Crippen molar-refractivity contribution < 1.29 is 18.3 Å². The van der Waals surface area contributed by atoms with Crippen LogP contribution in [0.2, 0.25) is 0 Å². The third-order valence-corrected chi connectivity index (χ3v) is 2.98. The third kappa shape index (κ3) is 3.09. The zero-order valence-corrected chi connectivity index (χ0v) is 10.9. The first kappa shape index (κ1) is 13.8. The Morgan fingerprint density at radius 3 is 2.82 bits per heavy atom. The van der Waals surface area contributed by atoms with Crippen molar-refractivity contribution in [3.63, 3.8) is 0 Å². The van der Waals surface area contributed by atoms with Crippen molar-refractivity contribution in [2.45, 2.75) is 12.8 Å². The predicted octanol–water partition coefficient (Wildman–Crippen LogP) is 2.21. The van der Waals surface area contributed by atoms with Gasteiger partial charge < -0.3 is 4.74 Å². The van der Waals surface area contributed by atoms with Gasteiger partial charge in [-0.15, -0.1) is 0 Å². The van der Waals surface area contributed by atoms with Gasteiger partial charge in [-0.1, -0.05) is 0 Å². The maximum atomic E-state index is 12.6. The van der Waals surface area contributed by atoms with Crippen molar-refractivity contribution in [2.75, 3.05) is 7.11 Å². The molecule has 0 aromatic carbocycles. The molecule has 0 saturated heterocycles. The summed E-state index contributed by atoms with van der Waals surface area (Å²) in [6, 6.07) is 1.68. The lowest BCUT2D eigenvalue weighted by molar-refractivity contribution is -0.139. The van der Waals surface area contributed by atoms with Gasteiger partial charge in [0.25, 0.3) is 6.43 Å². The normalized spacial score (nSPS) is 10.1. The number of carbonyl (C=O) groups excluding carboxylic acids is 1. The number of aromatic nitrogens is 1. The van der Waals surface area contributed by atoms with Crippen molar-refractivity contribution >= 4 is 28.6 Å². The lowest BCUT2D eigenvalue weighted by atomic mass is 10.0. The maximum absolute atomic E-state index is 12.6. The van der Waals surface area contributed by atoms with E-state index in [9.17, 15) is 13.6 Å². The first-order chi connectivity index (χ1) is 8.01. The lowest BCUT2D eigenvalue weighted by Gasteiger charge is -2.09. The summed E-state index contributed by atoms with van der Waals surface area (Å²) in [7, 11) is 1.19. The van der Waals surface area contributed by atoms with E-state index in [1.807, 2.05) is 0 Å². The van der Waals surface area contributed by atoms with Crippen LogP contribution in [0.25, 0.3) is 0 Å². The number of methoxy groups -OCH3 is 1. The maximum Gasteiger partial charge on any atom is 0.310 e. The molecule has 0 saturated carbocycles. The molecule has 0 unspecified atom stereocenters. The number of hydrogen-bond acceptors (Lipinski definition) is 4. The summed E-state index contributed by atoms with van der Waals surface area (Å²) in [4.78, 5) is 14.9. The topological polar surface area (TPSA) is 63.0 Å². The molecule has 1 aromatic rings. The minimum atomic E-state index is -2.80. The zero-order valence-electron chi connectivity index (χ0n) is 8.71. The fourth-order valence-corrected chi connectivity index (χ4v) is 1.82. The Kier molecular flexibility index (Phi) is 4.74. The van der Waals surface area contributed by atoms with Crippen LogP contribution >= 0.6 is 22.6 Å². The van der Waals surface area contributed by atoms with Crippen LogP contribution in [0.4, 0.5) is 8.78 Å². The number of nitrogens with zero attached hydrogens (tertiary/aromatic N) is 2. The molecule has 90 valence electrons. The molecule has 4 nitrogen and oxygen atoms in total. The first-order valence-electron chi connectivity index (χ1n) is 4.43. The second-order valence-electron chi connectivity index (χ2n) is 3.02. The van der Waals surface area contributed by atoms with Gasteiger partial charge in [-0.05, 0) is 22.6 Å². The second-order valence-corrected chi connectivity index (χ2v) is 4.05. The Bertz CT molecular complexity index is 486. The van der Waals surface area contributed by atoms with Crippen molar-refractivity contribution in [2.24, 2.45) is 0 Å². The molecule has 0 spiro atoms. The number of carbonyl (C=O) groups is 1. The van der Waals surface area contributed by atoms with Gasteiger partial charge in [0.05, 0.1) is 24.7 Å². The predicted molar refractivity (Wildman–Crippen MR) is 62.3 cm³/mol. The third-order valence-electron chi connectivity index (χ3n) is 2.05. The SMILES string of the molecule is COC(=O)Cc1c(I)ncc(C(F)F)c1C#N. The van der Waals surface area contributed by atoms with E-state index in [2.05, 4.69) is 9.72 Å². The molecule has 1 rings (SSSR count). The van der Waals surface area contributed by atoms with E-state index in [0.717, 1.165) is 6.20 Å². The minimum Gasteiger partial charge on any atom is -0.469 e. The molecule has 0 aliphatic carbocycles. The van der Waals surface area contributed by atoms with Gasteiger partial charge in [0, 0.05) is 11.8 Å². The van der Waals surface area contributed by atoms with Crippen LogP contribution in [0.15, 0.2) is 6.20 Å². The highest BCUT2D eigenvalue weighted by atomic mass is 127. The first-order valence-corrected chi connectivity index (χ1v) is 5.51. The quantitative estimate of drug-likeness (QED) is 0.475. The Morgan fingerprint density at radius 2 is 2.35 bits per heavy atom. The summed E-state index contributed by atoms with van der Waals surface area (Å²) in [6.45, 7) is 0. The number of rotatable bonds is 3. The fraction of sp³-hybridized carbons (Fsp3) is 0.300. The van der Waals surface area contributed by atoms with Gasteiger partial charge in [-0.3, -0.25) is 4.79 Å². The van der Waals surface area contributed by atoms with Gasteiger partial charge >= 0.3 is 5.97 Å². The number of halogens is 3. The molecule has 1 heterocycles. The molecule has 17 heavy (non-hydrogen) atoms. The standard InChI is InChI=1S/C10H7F2IN2O2/c1-17-8(16)2-5-6(3-14)7(9(11)12)4-15-10(5)13/h4,9H,2H2,1H3. The van der Waals surface area contributed by atoms with Crippen LogP contribution in [0.1, 0.15) is 23.1 Å². The van der Waals surface area contributed by atoms with Crippen LogP contribution in [-0.2, 0) is 16.0 Å². The number of esters is 1. The summed E-state index contributed by atoms with van der Waals surface area (Å²) in [5.74, 6) is -0.604. The minimum absolute atomic E-state index is 0.178. The van der Waals surface area contributed by atoms with Gasteiger partial charge in [0.2, 0.25) is 0 Å². The van der Waals surface area contributed by atoms with Crippen molar-refractivity contribution in [3.05, 3.63) is 26.6 Å². The number of alkyl halides is 2. The van der Waals surface area contributed by atoms with Crippen molar-refractivity contribution in [3.8, 4) is 6.07 Å². The number of pyridine rings is 1. The van der Waals surface area contributed by atoms with Crippen LogP contribution in [0.3, 0.4) is 0 Å². The van der Waals surface area contributed by atoms with Crippen LogP contribution in [-0.4, -0.2) is 18.1 Å². The Balaban J connectivity index is 3.32. The smallest absolute Gasteiger partial charge is 0.310 e. The highest BCUT2D eigenvalue weighted by Gasteiger charge is 2.21. The molecule has 0 aliphatic heterocycles. The molecule has 7 heteroatoms. The largest absolute Gasteiger partial charge is 0.469 e. The molecule has 0 fully saturated rings. The van der Waals surface area contributed by atoms with Crippen molar-refractivity contribution in [1.82, 2.24) is 4.98 Å². The summed E-state index contributed by atoms with van der Waals surface area (Å²) in [5, 5.41) is 8.89. The lowest BCUT2D eigenvalue weighted by Crippen LogP contribution is -2.10. The average Bonchev–Trinajstić information content (AvgIpc) is 2.30. The molecule has 0 atom stereocenters. The Morgan fingerprint density at radius 1 is 1.71 bits per heavy atom. The molecule has 0 amide bonds. The van der Waals surface area contributed by atoms with Gasteiger partial charge in [-0.25, -0.2) is 13.8 Å². The van der Waals surface area contributed by atoms with Gasteiger partial charge in [0.15, 0.2) is 0 Å². The average molecular weight is 352 g/mol. The highest BCUT2D eigenvalue weighted by Crippen LogP contribution is 2.26. The molecule has 0 aliphatic rings. The summed E-state index contributed by atoms with van der Waals surface area (Å²) in [6.07, 6.45) is -2.10. The number of nitriles is 1. The molecule has 0 radical (unpaired) electrons. The van der Waals surface area contributed by atoms with Crippen LogP contribution in [0, 0.1) is 15.0 Å². The molecule has 1 aromatic heterocycles. The number of ether oxygens (including phenoxy) is 1. The summed E-state index contributed by atoms with van der Waals surface area (Å²) >= 11 is 1.78. The molecule has 0 bridgehead atoms. The van der Waals surface area contributed by atoms with Gasteiger partial charge in [-0.2, -0.15) is 5.26 Å². The van der Waals surface area contributed by atoms with E-state index in [1.54, 1.807) is 28.7 Å².